The van der Waals surface area contributed by atoms with Crippen molar-refractivity contribution >= 4 is 14.1 Å². The van der Waals surface area contributed by atoms with E-state index in [1.807, 2.05) is 0 Å². The van der Waals surface area contributed by atoms with E-state index in [4.69, 9.17) is 4.43 Å². The smallest absolute Gasteiger partial charge is 0.192 e. The van der Waals surface area contributed by atoms with E-state index in [0.717, 1.165) is 30.6 Å². The highest BCUT2D eigenvalue weighted by Gasteiger charge is 2.60. The second-order valence-corrected chi connectivity index (χ2v) is 16.1. The summed E-state index contributed by atoms with van der Waals surface area (Å²) >= 11 is 0. The number of hydrogen-bond donors (Lipinski definition) is 0. The highest BCUT2D eigenvalue weighted by Crippen LogP contribution is 2.65. The largest absolute Gasteiger partial charge is 0.414 e. The molecule has 0 aromatic carbocycles. The predicted molar refractivity (Wildman–Crippen MR) is 119 cm³/mol. The summed E-state index contributed by atoms with van der Waals surface area (Å²) in [5.41, 5.74) is 0.532. The first-order valence-corrected chi connectivity index (χ1v) is 15.1. The summed E-state index contributed by atoms with van der Waals surface area (Å²) in [4.78, 5) is 12.6. The van der Waals surface area contributed by atoms with Gasteiger partial charge in [0.1, 0.15) is 5.78 Å². The molecule has 0 unspecified atom stereocenters. The maximum Gasteiger partial charge on any atom is 0.192 e. The molecule has 0 radical (unpaired) electrons. The van der Waals surface area contributed by atoms with Gasteiger partial charge in [-0.1, -0.05) is 34.6 Å². The number of carbonyl (C=O) groups excluding carboxylic acids is 1. The molecule has 0 aliphatic heterocycles. The molecule has 2 nitrogen and oxygen atoms in total. The van der Waals surface area contributed by atoms with Gasteiger partial charge in [0.15, 0.2) is 8.32 Å². The maximum atomic E-state index is 12.6. The third-order valence-electron chi connectivity index (χ3n) is 10.7. The number of fused-ring (bicyclic) bond motifs is 5. The van der Waals surface area contributed by atoms with Crippen molar-refractivity contribution < 1.29 is 9.22 Å². The number of rotatable bonds is 5. The van der Waals surface area contributed by atoms with Crippen LogP contribution in [0.3, 0.4) is 0 Å². The minimum atomic E-state index is -1.49. The van der Waals surface area contributed by atoms with Gasteiger partial charge >= 0.3 is 0 Å². The van der Waals surface area contributed by atoms with Gasteiger partial charge < -0.3 is 4.43 Å². The molecule has 0 amide bonds. The van der Waals surface area contributed by atoms with Gasteiger partial charge in [-0.15, -0.1) is 0 Å². The molecular formula is C25H44O2Si. The highest BCUT2D eigenvalue weighted by atomic mass is 28.4. The van der Waals surface area contributed by atoms with Crippen LogP contribution >= 0.6 is 0 Å². The summed E-state index contributed by atoms with van der Waals surface area (Å²) in [5, 5.41) is 0. The van der Waals surface area contributed by atoms with Crippen LogP contribution in [0.2, 0.25) is 18.1 Å². The lowest BCUT2D eigenvalue weighted by atomic mass is 9.45. The van der Waals surface area contributed by atoms with Crippen LogP contribution in [0.1, 0.15) is 92.4 Å². The van der Waals surface area contributed by atoms with E-state index >= 15 is 0 Å². The van der Waals surface area contributed by atoms with Crippen molar-refractivity contribution in [3.63, 3.8) is 0 Å². The fraction of sp³-hybridized carbons (Fsp3) is 0.960. The Balaban J connectivity index is 1.48. The number of ketones is 1. The lowest BCUT2D eigenvalue weighted by molar-refractivity contribution is -0.141. The Kier molecular flexibility index (Phi) is 5.66. The summed E-state index contributed by atoms with van der Waals surface area (Å²) in [7, 11) is -1.49. The van der Waals surface area contributed by atoms with E-state index < -0.39 is 8.32 Å². The molecule has 4 aliphatic rings. The van der Waals surface area contributed by atoms with Crippen molar-refractivity contribution in [3.8, 4) is 0 Å². The molecule has 0 aromatic heterocycles. The molecule has 4 aliphatic carbocycles. The molecule has 0 N–H and O–H groups in total. The van der Waals surface area contributed by atoms with Crippen molar-refractivity contribution in [2.45, 2.75) is 117 Å². The fourth-order valence-corrected chi connectivity index (χ4v) is 11.4. The summed E-state index contributed by atoms with van der Waals surface area (Å²) < 4.78 is 6.95. The number of hydrogen-bond acceptors (Lipinski definition) is 2. The predicted octanol–water partition coefficient (Wildman–Crippen LogP) is 6.99. The quantitative estimate of drug-likeness (QED) is 0.462. The Labute approximate surface area is 174 Å². The number of Topliss-reactive ketones (excluding diaryl/α,β-unsaturated/α-hetero) is 1. The van der Waals surface area contributed by atoms with Crippen molar-refractivity contribution in [1.29, 1.82) is 0 Å². The zero-order valence-corrected chi connectivity index (χ0v) is 20.2. The Morgan fingerprint density at radius 1 is 0.929 bits per heavy atom. The Hall–Kier alpha value is -0.153. The molecule has 4 fully saturated rings. The lowest BCUT2D eigenvalue weighted by Gasteiger charge is -2.60. The maximum absolute atomic E-state index is 12.6. The van der Waals surface area contributed by atoms with Gasteiger partial charge in [-0.2, -0.15) is 0 Å². The second kappa shape index (κ2) is 7.52. The standard InChI is InChI=1S/C25H44O2Si/c1-6-28(7-2,8-3)27-19-13-15-24(4)18(17-19)9-10-20-21-11-12-23(26)25(21,5)16-14-22(20)24/h18-22H,6-17H2,1-5H3/t18-,19-,20+,21+,22+,24+,25+/m1/s1. The van der Waals surface area contributed by atoms with E-state index in [1.165, 1.54) is 63.1 Å². The van der Waals surface area contributed by atoms with Crippen LogP contribution in [0.5, 0.6) is 0 Å². The van der Waals surface area contributed by atoms with E-state index in [2.05, 4.69) is 34.6 Å². The van der Waals surface area contributed by atoms with Gasteiger partial charge in [0, 0.05) is 17.9 Å². The number of carbonyl (C=O) groups is 1. The molecule has 7 atom stereocenters. The van der Waals surface area contributed by atoms with Gasteiger partial charge in [-0.3, -0.25) is 4.79 Å². The van der Waals surface area contributed by atoms with E-state index in [0.29, 0.717) is 23.2 Å². The topological polar surface area (TPSA) is 26.3 Å². The molecule has 4 saturated carbocycles. The van der Waals surface area contributed by atoms with Crippen LogP contribution in [-0.2, 0) is 9.22 Å². The SMILES string of the molecule is CC[Si](CC)(CC)O[C@@H]1CC[C@@]2(C)[C@H](CC[C@@H]3[C@@H]2CC[C@]2(C)C(=O)CC[C@@H]32)C1. The van der Waals surface area contributed by atoms with E-state index in [1.54, 1.807) is 0 Å². The summed E-state index contributed by atoms with van der Waals surface area (Å²) in [6.07, 6.45) is 11.8. The highest BCUT2D eigenvalue weighted by molar-refractivity contribution is 6.73. The zero-order chi connectivity index (χ0) is 20.2. The third-order valence-corrected chi connectivity index (χ3v) is 15.4. The average molecular weight is 405 g/mol. The monoisotopic (exact) mass is 404 g/mol. The van der Waals surface area contributed by atoms with Crippen LogP contribution in [0.25, 0.3) is 0 Å². The van der Waals surface area contributed by atoms with Crippen LogP contribution < -0.4 is 0 Å². The van der Waals surface area contributed by atoms with Crippen molar-refractivity contribution in [2.24, 2.45) is 34.5 Å². The normalized spacial score (nSPS) is 46.0. The van der Waals surface area contributed by atoms with Crippen LogP contribution in [0, 0.1) is 34.5 Å². The molecule has 3 heteroatoms. The minimum Gasteiger partial charge on any atom is -0.414 e. The molecule has 160 valence electrons. The fourth-order valence-electron chi connectivity index (χ4n) is 8.45. The summed E-state index contributed by atoms with van der Waals surface area (Å²) in [5.74, 6) is 3.80. The van der Waals surface area contributed by atoms with Crippen molar-refractivity contribution in [1.82, 2.24) is 0 Å². The molecule has 0 spiro atoms. The van der Waals surface area contributed by atoms with Crippen LogP contribution in [0.15, 0.2) is 0 Å². The first kappa shape index (κ1) is 21.1. The van der Waals surface area contributed by atoms with Gasteiger partial charge in [-0.25, -0.2) is 0 Å². The lowest BCUT2D eigenvalue weighted by Crippen LogP contribution is -2.55. The molecule has 0 aromatic rings. The van der Waals surface area contributed by atoms with E-state index in [-0.39, 0.29) is 5.41 Å². The van der Waals surface area contributed by atoms with Gasteiger partial charge in [0.2, 0.25) is 0 Å². The van der Waals surface area contributed by atoms with Crippen molar-refractivity contribution in [2.75, 3.05) is 0 Å². The molecule has 4 rings (SSSR count). The molecule has 0 saturated heterocycles. The first-order chi connectivity index (χ1) is 13.3. The Bertz CT molecular complexity index is 591. The molecule has 0 bridgehead atoms. The minimum absolute atomic E-state index is 0.0270. The molecule has 0 heterocycles. The van der Waals surface area contributed by atoms with Crippen LogP contribution in [0.4, 0.5) is 0 Å². The third kappa shape index (κ3) is 3.09. The Morgan fingerprint density at radius 3 is 2.32 bits per heavy atom. The Morgan fingerprint density at radius 2 is 1.64 bits per heavy atom. The second-order valence-electron chi connectivity index (χ2n) is 11.3. The van der Waals surface area contributed by atoms with Crippen LogP contribution in [-0.4, -0.2) is 20.2 Å². The summed E-state index contributed by atoms with van der Waals surface area (Å²) in [6, 6.07) is 3.83. The van der Waals surface area contributed by atoms with Gasteiger partial charge in [0.25, 0.3) is 0 Å². The first-order valence-electron chi connectivity index (χ1n) is 12.5. The molecule has 28 heavy (non-hydrogen) atoms. The molecular weight excluding hydrogens is 360 g/mol. The van der Waals surface area contributed by atoms with E-state index in [9.17, 15) is 4.79 Å². The zero-order valence-electron chi connectivity index (χ0n) is 19.2. The van der Waals surface area contributed by atoms with Gasteiger partial charge in [0.05, 0.1) is 0 Å². The average Bonchev–Trinajstić information content (AvgIpc) is 3.01. The van der Waals surface area contributed by atoms with Crippen molar-refractivity contribution in [3.05, 3.63) is 0 Å². The van der Waals surface area contributed by atoms with Gasteiger partial charge in [-0.05, 0) is 98.6 Å². The summed E-state index contributed by atoms with van der Waals surface area (Å²) in [6.45, 7) is 12.0.